The summed E-state index contributed by atoms with van der Waals surface area (Å²) in [5, 5.41) is 210. The third kappa shape index (κ3) is 38.6. The van der Waals surface area contributed by atoms with Crippen LogP contribution in [0.2, 0.25) is 0 Å². The Hall–Kier alpha value is -11.4. The molecule has 0 saturated heterocycles. The Morgan fingerprint density at radius 3 is 1.32 bits per heavy atom. The maximum absolute atomic E-state index is 15.0. The molecule has 30 N–H and O–H groups in total. The highest BCUT2D eigenvalue weighted by atomic mass is 33.1. The molecule has 19 atom stereocenters. The van der Waals surface area contributed by atoms with Crippen LogP contribution in [-0.4, -0.2) is 372 Å². The second kappa shape index (κ2) is 59.2. The Balaban J connectivity index is 1.19. The number of aliphatic hydroxyl groups is 15. The Kier molecular flexibility index (Phi) is 49.6. The zero-order chi connectivity index (χ0) is 103. The van der Waals surface area contributed by atoms with E-state index in [1.807, 2.05) is 48.5 Å². The Morgan fingerprint density at radius 2 is 0.885 bits per heavy atom. The fourth-order valence-corrected chi connectivity index (χ4v) is 17.3. The number of Topliss-reactive ketones (excluding diaryl/α,β-unsaturated/α-hetero) is 3. The van der Waals surface area contributed by atoms with Crippen LogP contribution in [0.3, 0.4) is 0 Å². The van der Waals surface area contributed by atoms with Gasteiger partial charge in [-0.2, -0.15) is 16.7 Å². The number of carboxylic acids is 4. The first kappa shape index (κ1) is 116. The number of nitrogens with zero attached hydrogens (tertiary/aromatic N) is 3. The zero-order valence-corrected chi connectivity index (χ0v) is 77.4. The van der Waals surface area contributed by atoms with Crippen LogP contribution in [0.5, 0.6) is 0 Å². The molecule has 52 heteroatoms. The van der Waals surface area contributed by atoms with E-state index >= 15 is 4.79 Å². The number of nitrogen functional groups attached to an aromatic ring is 1. The molecule has 0 bridgehead atoms. The number of thioether (sulfide) groups is 1. The van der Waals surface area contributed by atoms with Crippen molar-refractivity contribution in [1.82, 2.24) is 57.2 Å². The van der Waals surface area contributed by atoms with E-state index in [0.717, 1.165) is 43.8 Å². The molecule has 3 aromatic carbocycles. The number of aromatic amines is 1. The first-order chi connectivity index (χ1) is 65.9. The molecule has 6 rings (SSSR count). The molecule has 0 fully saturated rings. The molecule has 2 heterocycles. The summed E-state index contributed by atoms with van der Waals surface area (Å²) in [6, 6.07) is 13.8. The number of nitrogens with two attached hydrogens (primary N) is 1. The van der Waals surface area contributed by atoms with Gasteiger partial charge in [-0.1, -0.05) is 70.1 Å². The highest BCUT2D eigenvalue weighted by Gasteiger charge is 2.39. The smallest absolute Gasteiger partial charge is 0.327 e. The summed E-state index contributed by atoms with van der Waals surface area (Å²) < 4.78 is 5.23. The fourth-order valence-electron chi connectivity index (χ4n) is 14.2. The molecule has 1 unspecified atom stereocenters. The van der Waals surface area contributed by atoms with Gasteiger partial charge in [0, 0.05) is 142 Å². The van der Waals surface area contributed by atoms with Crippen molar-refractivity contribution in [3.8, 4) is 11.1 Å². The van der Waals surface area contributed by atoms with Crippen LogP contribution in [0.1, 0.15) is 136 Å². The van der Waals surface area contributed by atoms with Crippen LogP contribution < -0.4 is 53.8 Å². The van der Waals surface area contributed by atoms with Gasteiger partial charge in [0.25, 0.3) is 11.5 Å². The monoisotopic (exact) mass is 2020 g/mol. The SMILES string of the molecule is Nc1nc2ncc(CNc3ccc(C(=O)N[C@@H](CCC(=O)OCCSSCC(NC(=O)[C@H](CCC(=O)NC[C@H](O)[C@@H](O)[C@H](O)[C@H](O)CO)CC(=O)[C@H](CCC(=O)O)NC(=O)[C@H](CCC(=O)NC[C@H](O)[C@@H](O)[C@H](O)[C@H](O)CO)CC(=O)[C@H](CCC(=O)O)NC(=O)[C@H](CCC(=O)NC[C@H](O)[C@@H](O)[C@H](O)[C@H](O)CO)CC(=O)CCSCC4c5ccccc5-c5ccccc54)C(=O)O)C(=O)O)cc3)nc2c(=O)[nH]1. The number of carboxylic acid groups (broad SMARTS) is 4. The first-order valence-corrected chi connectivity index (χ1v) is 47.6. The molecule has 766 valence electrons. The van der Waals surface area contributed by atoms with Crippen molar-refractivity contribution < 1.29 is 174 Å². The molecule has 7 amide bonds. The largest absolute Gasteiger partial charge is 0.481 e. The molecule has 2 aromatic heterocycles. The van der Waals surface area contributed by atoms with Gasteiger partial charge in [-0.15, -0.1) is 0 Å². The highest BCUT2D eigenvalue weighted by molar-refractivity contribution is 8.76. The van der Waals surface area contributed by atoms with E-state index < -0.39 is 351 Å². The van der Waals surface area contributed by atoms with Gasteiger partial charge in [-0.3, -0.25) is 72.1 Å². The van der Waals surface area contributed by atoms with Gasteiger partial charge in [-0.05, 0) is 85.0 Å². The molecule has 1 aliphatic rings. The number of aliphatic hydroxyl groups excluding tert-OH is 15. The molecule has 139 heavy (non-hydrogen) atoms. The average molecular weight is 2020 g/mol. The predicted octanol–water partition coefficient (Wildman–Crippen LogP) is -6.28. The molecular weight excluding hydrogens is 1900 g/mol. The summed E-state index contributed by atoms with van der Waals surface area (Å²) in [5.74, 6) is -23.4. The number of hydrogen-bond acceptors (Lipinski definition) is 40. The minimum absolute atomic E-state index is 0.0289. The average Bonchev–Trinajstić information content (AvgIpc) is 1.62. The molecular formula is C87H119N13O36S3. The number of fused-ring (bicyclic) bond motifs is 4. The van der Waals surface area contributed by atoms with Gasteiger partial charge < -0.3 is 150 Å². The third-order valence-electron chi connectivity index (χ3n) is 22.3. The molecule has 0 aliphatic heterocycles. The number of ether oxygens (including phenoxy) is 1. The van der Waals surface area contributed by atoms with Gasteiger partial charge in [0.2, 0.25) is 41.4 Å². The number of nitrogens with one attached hydrogen (secondary N) is 9. The molecule has 49 nitrogen and oxygen atoms in total. The van der Waals surface area contributed by atoms with Gasteiger partial charge in [0.15, 0.2) is 22.7 Å². The lowest BCUT2D eigenvalue weighted by Crippen LogP contribution is -2.50. The lowest BCUT2D eigenvalue weighted by molar-refractivity contribution is -0.144. The van der Waals surface area contributed by atoms with Gasteiger partial charge in [-0.25, -0.2) is 19.6 Å². The number of benzene rings is 3. The number of anilines is 2. The zero-order valence-electron chi connectivity index (χ0n) is 74.9. The molecule has 0 spiro atoms. The standard InChI is InChI=1S/C87H119N13O36S3/c88-87-99-79-72(84(131)100-87)94-47(33-93-79)32-89-46-14-9-42(10-15-46)80(127)97-56(85(132)133)18-24-71(120)136-26-28-138-139-41-57(86(134)135)98-83(130)45(13-21-68(115)92-36-62(109)75(123)78(126)65(112)39-103)31-59(106)55(17-23-70(118)119)96-82(129)44(12-20-67(114)91-35-61(108)74(122)77(125)64(111)38-102)30-58(105)54(16-22-69(116)117)95-81(128)43(11-19-66(113)90-34-60(107)73(121)76(124)63(110)37-101)29-48(104)25-27-137-40-53-51-7-3-1-5-49(51)50-6-2-4-8-52(50)53/h1-10,14-15,33,43-45,53-57,60-65,73-78,89,101-103,107-112,121-126H,11-13,16-32,34-41H2,(H,90,113)(H,91,114)(H,92,115)(H,95,128)(H,96,129)(H,97,127)(H,98,130)(H,116,117)(H,118,119)(H,132,133)(H,134,135)(H3,88,93,99,100,131)/t43-,44-,45-,54+,55+,56+,57?,60+,61+,62+,63-,64-,65-,73-,74-,75-,76-,77-,78-/m1/s1. The van der Waals surface area contributed by atoms with Crippen molar-refractivity contribution in [1.29, 1.82) is 0 Å². The molecule has 1 aliphatic carbocycles. The van der Waals surface area contributed by atoms with Gasteiger partial charge in [0.05, 0.1) is 68.7 Å². The number of H-pyrrole nitrogens is 1. The van der Waals surface area contributed by atoms with E-state index in [4.69, 9.17) is 10.5 Å². The number of aromatic nitrogens is 4. The van der Waals surface area contributed by atoms with Crippen molar-refractivity contribution >= 4 is 145 Å². The van der Waals surface area contributed by atoms with E-state index in [2.05, 4.69) is 62.5 Å². The van der Waals surface area contributed by atoms with Crippen LogP contribution in [0.4, 0.5) is 11.6 Å². The fraction of sp³-hybridized carbons (Fsp3) is 0.552. The number of hydrogen-bond donors (Lipinski definition) is 29. The second-order valence-corrected chi connectivity index (χ2v) is 36.5. The van der Waals surface area contributed by atoms with Crippen LogP contribution in [0.15, 0.2) is 83.8 Å². The maximum Gasteiger partial charge on any atom is 0.327 e. The molecule has 0 radical (unpaired) electrons. The van der Waals surface area contributed by atoms with Crippen molar-refractivity contribution in [3.63, 3.8) is 0 Å². The van der Waals surface area contributed by atoms with Crippen LogP contribution in [-0.2, 0) is 78.4 Å². The van der Waals surface area contributed by atoms with E-state index in [9.17, 15) is 169 Å². The van der Waals surface area contributed by atoms with Gasteiger partial charge >= 0.3 is 29.8 Å². The number of esters is 1. The third-order valence-corrected chi connectivity index (χ3v) is 25.8. The van der Waals surface area contributed by atoms with E-state index in [1.54, 1.807) is 0 Å². The number of carbonyl (C=O) groups excluding carboxylic acids is 11. The maximum atomic E-state index is 15.0. The summed E-state index contributed by atoms with van der Waals surface area (Å²) in [6.07, 6.45) is -35.5. The van der Waals surface area contributed by atoms with E-state index in [-0.39, 0.29) is 59.7 Å². The lowest BCUT2D eigenvalue weighted by atomic mass is 9.89. The summed E-state index contributed by atoms with van der Waals surface area (Å²) in [6.45, 7) is -6.05. The summed E-state index contributed by atoms with van der Waals surface area (Å²) in [7, 11) is 1.69. The number of amides is 7. The first-order valence-electron chi connectivity index (χ1n) is 43.9. The number of ketones is 3. The number of aliphatic carboxylic acids is 4. The normalized spacial score (nSPS) is 15.9. The van der Waals surface area contributed by atoms with E-state index in [1.165, 1.54) is 42.2 Å². The van der Waals surface area contributed by atoms with Crippen molar-refractivity contribution in [2.24, 2.45) is 17.8 Å². The number of rotatable bonds is 68. The Morgan fingerprint density at radius 1 is 0.460 bits per heavy atom. The number of carbonyl (C=O) groups is 15. The molecule has 5 aromatic rings. The van der Waals surface area contributed by atoms with Crippen molar-refractivity contribution in [3.05, 3.63) is 112 Å². The minimum atomic E-state index is -2.22. The van der Waals surface area contributed by atoms with Crippen LogP contribution in [0.25, 0.3) is 22.3 Å². The lowest BCUT2D eigenvalue weighted by Gasteiger charge is -2.26. The Bertz CT molecular complexity index is 4990. The molecule has 0 saturated carbocycles. The minimum Gasteiger partial charge on any atom is -0.481 e. The highest BCUT2D eigenvalue weighted by Crippen LogP contribution is 2.46. The van der Waals surface area contributed by atoms with Crippen molar-refractivity contribution in [2.75, 3.05) is 80.1 Å². The summed E-state index contributed by atoms with van der Waals surface area (Å²) in [5.41, 5.74) is 9.99. The summed E-state index contributed by atoms with van der Waals surface area (Å²) in [4.78, 5) is 231. The summed E-state index contributed by atoms with van der Waals surface area (Å²) >= 11 is 1.42. The second-order valence-electron chi connectivity index (χ2n) is 32.7. The van der Waals surface area contributed by atoms with Crippen LogP contribution in [0, 0.1) is 17.8 Å². The van der Waals surface area contributed by atoms with Gasteiger partial charge in [0.1, 0.15) is 79.4 Å². The van der Waals surface area contributed by atoms with E-state index in [0.29, 0.717) is 17.1 Å². The van der Waals surface area contributed by atoms with Crippen molar-refractivity contribution in [2.45, 2.75) is 213 Å². The van der Waals surface area contributed by atoms with Crippen LogP contribution >= 0.6 is 33.3 Å². The predicted molar refractivity (Wildman–Crippen MR) is 492 cm³/mol. The Labute approximate surface area is 804 Å². The topological polar surface area (TPSA) is 843 Å². The quantitative estimate of drug-likeness (QED) is 0.00978.